The summed E-state index contributed by atoms with van der Waals surface area (Å²) in [5.41, 5.74) is 1.84. The van der Waals surface area contributed by atoms with Crippen LogP contribution >= 0.6 is 0 Å². The maximum absolute atomic E-state index is 13.4. The zero-order valence-electron chi connectivity index (χ0n) is 16.7. The van der Waals surface area contributed by atoms with Crippen LogP contribution in [0.2, 0.25) is 0 Å². The molecule has 0 N–H and O–H groups in total. The van der Waals surface area contributed by atoms with E-state index in [0.29, 0.717) is 6.54 Å². The Labute approximate surface area is 171 Å². The zero-order chi connectivity index (χ0) is 19.9. The highest BCUT2D eigenvalue weighted by atomic mass is 16.5. The molecular weight excluding hydrogens is 362 g/mol. The second kappa shape index (κ2) is 9.63. The van der Waals surface area contributed by atoms with E-state index in [4.69, 9.17) is 4.74 Å². The van der Waals surface area contributed by atoms with E-state index in [1.54, 1.807) is 12.4 Å². The Morgan fingerprint density at radius 1 is 1.00 bits per heavy atom. The minimum Gasteiger partial charge on any atom is -0.379 e. The molecule has 1 aromatic heterocycles. The summed E-state index contributed by atoms with van der Waals surface area (Å²) in [7, 11) is 0. The summed E-state index contributed by atoms with van der Waals surface area (Å²) >= 11 is 0. The monoisotopic (exact) mass is 389 g/mol. The number of hydrogen-bond donors (Lipinski definition) is 0. The first-order chi connectivity index (χ1) is 14.3. The highest BCUT2D eigenvalue weighted by Crippen LogP contribution is 2.18. The molecule has 5 nitrogen and oxygen atoms in total. The molecule has 1 saturated heterocycles. The van der Waals surface area contributed by atoms with E-state index in [1.165, 1.54) is 0 Å². The van der Waals surface area contributed by atoms with E-state index in [2.05, 4.69) is 22.0 Å². The van der Waals surface area contributed by atoms with Gasteiger partial charge in [0.1, 0.15) is 0 Å². The molecule has 0 unspecified atom stereocenters. The van der Waals surface area contributed by atoms with Crippen LogP contribution in [-0.4, -0.2) is 60.1 Å². The molecule has 2 aromatic carbocycles. The summed E-state index contributed by atoms with van der Waals surface area (Å²) in [6.07, 6.45) is 4.51. The summed E-state index contributed by atoms with van der Waals surface area (Å²) in [6, 6.07) is 18.1. The van der Waals surface area contributed by atoms with E-state index < -0.39 is 0 Å². The molecule has 0 bridgehead atoms. The second-order valence-corrected chi connectivity index (χ2v) is 7.45. The van der Waals surface area contributed by atoms with Gasteiger partial charge >= 0.3 is 0 Å². The lowest BCUT2D eigenvalue weighted by Gasteiger charge is -2.28. The number of amides is 1. The minimum atomic E-state index is 0.0783. The van der Waals surface area contributed by atoms with Crippen LogP contribution < -0.4 is 0 Å². The number of fused-ring (bicyclic) bond motifs is 1. The number of ether oxygens (including phenoxy) is 1. The summed E-state index contributed by atoms with van der Waals surface area (Å²) in [6.45, 7) is 5.86. The summed E-state index contributed by atoms with van der Waals surface area (Å²) in [4.78, 5) is 21.8. The minimum absolute atomic E-state index is 0.0783. The third-order valence-corrected chi connectivity index (χ3v) is 5.41. The van der Waals surface area contributed by atoms with Crippen LogP contribution in [0, 0.1) is 0 Å². The van der Waals surface area contributed by atoms with E-state index in [0.717, 1.165) is 67.7 Å². The van der Waals surface area contributed by atoms with E-state index >= 15 is 0 Å². The molecule has 0 atom stereocenters. The number of rotatable bonds is 7. The maximum atomic E-state index is 13.4. The van der Waals surface area contributed by atoms with Crippen LogP contribution in [0.5, 0.6) is 0 Å². The lowest BCUT2D eigenvalue weighted by molar-refractivity contribution is 0.0355. The molecule has 3 aromatic rings. The van der Waals surface area contributed by atoms with Gasteiger partial charge in [-0.25, -0.2) is 0 Å². The van der Waals surface area contributed by atoms with E-state index in [9.17, 15) is 4.79 Å². The lowest BCUT2D eigenvalue weighted by atomic mass is 10.1. The molecule has 5 heteroatoms. The average molecular weight is 389 g/mol. The van der Waals surface area contributed by atoms with Crippen molar-refractivity contribution in [3.8, 4) is 0 Å². The number of carbonyl (C=O) groups excluding carboxylic acids is 1. The summed E-state index contributed by atoms with van der Waals surface area (Å²) in [5.74, 6) is 0.0783. The SMILES string of the molecule is O=C(c1ccc2ccccc2c1)N(CCCN1CCOCC1)Cc1ccncc1. The molecular formula is C24H27N3O2. The standard InChI is InChI=1S/C24H27N3O2/c28-24(23-7-6-21-4-1-2-5-22(21)18-23)27(19-20-8-10-25-11-9-20)13-3-12-26-14-16-29-17-15-26/h1-2,4-11,18H,3,12-17,19H2. The fourth-order valence-corrected chi connectivity index (χ4v) is 3.78. The number of morpholine rings is 1. The Morgan fingerprint density at radius 3 is 2.55 bits per heavy atom. The van der Waals surface area contributed by atoms with Gasteiger partial charge in [0.15, 0.2) is 0 Å². The number of aromatic nitrogens is 1. The third kappa shape index (κ3) is 5.19. The molecule has 4 rings (SSSR count). The molecule has 0 radical (unpaired) electrons. The first-order valence-electron chi connectivity index (χ1n) is 10.3. The van der Waals surface area contributed by atoms with Crippen molar-refractivity contribution in [1.29, 1.82) is 0 Å². The van der Waals surface area contributed by atoms with Crippen molar-refractivity contribution < 1.29 is 9.53 Å². The summed E-state index contributed by atoms with van der Waals surface area (Å²) in [5, 5.41) is 2.24. The molecule has 1 amide bonds. The summed E-state index contributed by atoms with van der Waals surface area (Å²) < 4.78 is 5.43. The van der Waals surface area contributed by atoms with Crippen molar-refractivity contribution in [2.24, 2.45) is 0 Å². The fourth-order valence-electron chi connectivity index (χ4n) is 3.78. The Morgan fingerprint density at radius 2 is 1.76 bits per heavy atom. The average Bonchev–Trinajstić information content (AvgIpc) is 2.79. The van der Waals surface area contributed by atoms with Gasteiger partial charge in [-0.05, 0) is 47.0 Å². The van der Waals surface area contributed by atoms with Crippen molar-refractivity contribution in [2.45, 2.75) is 13.0 Å². The fraction of sp³-hybridized carbons (Fsp3) is 0.333. The number of benzene rings is 2. The van der Waals surface area contributed by atoms with Gasteiger partial charge in [0.25, 0.3) is 5.91 Å². The van der Waals surface area contributed by atoms with Gasteiger partial charge in [-0.2, -0.15) is 0 Å². The first kappa shape index (κ1) is 19.6. The van der Waals surface area contributed by atoms with E-state index in [1.807, 2.05) is 47.4 Å². The van der Waals surface area contributed by atoms with Crippen molar-refractivity contribution in [1.82, 2.24) is 14.8 Å². The largest absolute Gasteiger partial charge is 0.379 e. The topological polar surface area (TPSA) is 45.7 Å². The van der Waals surface area contributed by atoms with Crippen LogP contribution in [0.15, 0.2) is 67.0 Å². The molecule has 1 aliphatic heterocycles. The van der Waals surface area contributed by atoms with Crippen LogP contribution in [0.3, 0.4) is 0 Å². The molecule has 1 aliphatic rings. The van der Waals surface area contributed by atoms with E-state index in [-0.39, 0.29) is 5.91 Å². The maximum Gasteiger partial charge on any atom is 0.254 e. The lowest BCUT2D eigenvalue weighted by Crippen LogP contribution is -2.39. The molecule has 0 aliphatic carbocycles. The van der Waals surface area contributed by atoms with Gasteiger partial charge in [-0.15, -0.1) is 0 Å². The Hall–Kier alpha value is -2.76. The van der Waals surface area contributed by atoms with Crippen molar-refractivity contribution in [3.05, 3.63) is 78.1 Å². The van der Waals surface area contributed by atoms with Gasteiger partial charge in [0.2, 0.25) is 0 Å². The van der Waals surface area contributed by atoms with Gasteiger partial charge in [0.05, 0.1) is 13.2 Å². The molecule has 0 spiro atoms. The Bertz CT molecular complexity index is 939. The molecule has 29 heavy (non-hydrogen) atoms. The van der Waals surface area contributed by atoms with Gasteiger partial charge in [-0.1, -0.05) is 30.3 Å². The zero-order valence-corrected chi connectivity index (χ0v) is 16.7. The molecule has 2 heterocycles. The van der Waals surface area contributed by atoms with Crippen LogP contribution in [0.25, 0.3) is 10.8 Å². The second-order valence-electron chi connectivity index (χ2n) is 7.45. The van der Waals surface area contributed by atoms with Gasteiger partial charge in [0, 0.05) is 50.7 Å². The Kier molecular flexibility index (Phi) is 6.49. The highest BCUT2D eigenvalue weighted by Gasteiger charge is 2.18. The molecule has 150 valence electrons. The molecule has 0 saturated carbocycles. The van der Waals surface area contributed by atoms with Crippen LogP contribution in [0.4, 0.5) is 0 Å². The van der Waals surface area contributed by atoms with Crippen molar-refractivity contribution in [3.63, 3.8) is 0 Å². The van der Waals surface area contributed by atoms with Gasteiger partial charge in [-0.3, -0.25) is 14.7 Å². The number of nitrogens with zero attached hydrogens (tertiary/aromatic N) is 3. The van der Waals surface area contributed by atoms with Crippen molar-refractivity contribution >= 4 is 16.7 Å². The van der Waals surface area contributed by atoms with Crippen LogP contribution in [0.1, 0.15) is 22.3 Å². The number of hydrogen-bond acceptors (Lipinski definition) is 4. The quantitative estimate of drug-likeness (QED) is 0.619. The van der Waals surface area contributed by atoms with Gasteiger partial charge < -0.3 is 9.64 Å². The van der Waals surface area contributed by atoms with Crippen molar-refractivity contribution in [2.75, 3.05) is 39.4 Å². The highest BCUT2D eigenvalue weighted by molar-refractivity contribution is 5.98. The predicted octanol–water partition coefficient (Wildman–Crippen LogP) is 3.60. The normalized spacial score (nSPS) is 14.8. The number of pyridine rings is 1. The molecule has 1 fully saturated rings. The van der Waals surface area contributed by atoms with Crippen LogP contribution in [-0.2, 0) is 11.3 Å². The predicted molar refractivity (Wildman–Crippen MR) is 115 cm³/mol. The first-order valence-corrected chi connectivity index (χ1v) is 10.3. The Balaban J connectivity index is 1.48. The smallest absolute Gasteiger partial charge is 0.254 e. The third-order valence-electron chi connectivity index (χ3n) is 5.41. The number of carbonyl (C=O) groups is 1.